The highest BCUT2D eigenvalue weighted by atomic mass is 19.1. The molecular weight excluding hydrogens is 155 g/mol. The van der Waals surface area contributed by atoms with Gasteiger partial charge in [0.2, 0.25) is 0 Å². The molecule has 2 nitrogen and oxygen atoms in total. The van der Waals surface area contributed by atoms with Crippen molar-refractivity contribution >= 4 is 0 Å². The van der Waals surface area contributed by atoms with Crippen LogP contribution in [0.3, 0.4) is 0 Å². The van der Waals surface area contributed by atoms with Gasteiger partial charge in [-0.1, -0.05) is 6.07 Å². The summed E-state index contributed by atoms with van der Waals surface area (Å²) in [6, 6.07) is 6.28. The molecule has 0 N–H and O–H groups in total. The summed E-state index contributed by atoms with van der Waals surface area (Å²) in [5.74, 6) is -0.255. The number of nitrogens with zero attached hydrogens (tertiary/aromatic N) is 2. The Labute approximate surface area is 69.3 Å². The third-order valence-electron chi connectivity index (χ3n) is 1.54. The first kappa shape index (κ1) is 7.03. The molecule has 1 radical (unpaired) electrons. The van der Waals surface area contributed by atoms with Gasteiger partial charge >= 0.3 is 0 Å². The molecule has 2 rings (SSSR count). The molecule has 0 atom stereocenters. The molecule has 0 fully saturated rings. The van der Waals surface area contributed by atoms with Gasteiger partial charge in [-0.15, -0.1) is 0 Å². The molecule has 1 aromatic heterocycles. The number of benzene rings is 1. The van der Waals surface area contributed by atoms with Crippen molar-refractivity contribution in [3.63, 3.8) is 0 Å². The largest absolute Gasteiger partial charge is 0.297 e. The molecule has 0 aliphatic heterocycles. The second kappa shape index (κ2) is 2.77. The van der Waals surface area contributed by atoms with E-state index >= 15 is 0 Å². The first-order chi connectivity index (χ1) is 5.86. The van der Waals surface area contributed by atoms with Crippen molar-refractivity contribution < 1.29 is 4.39 Å². The first-order valence-corrected chi connectivity index (χ1v) is 3.52. The number of rotatable bonds is 1. The molecular formula is C9H6FN2. The van der Waals surface area contributed by atoms with Crippen molar-refractivity contribution in [2.24, 2.45) is 0 Å². The number of halogens is 1. The van der Waals surface area contributed by atoms with Crippen LogP contribution in [-0.4, -0.2) is 9.55 Å². The van der Waals surface area contributed by atoms with Gasteiger partial charge in [0.25, 0.3) is 0 Å². The average molecular weight is 161 g/mol. The summed E-state index contributed by atoms with van der Waals surface area (Å²) in [6.45, 7) is 0. The summed E-state index contributed by atoms with van der Waals surface area (Å²) >= 11 is 0. The molecule has 12 heavy (non-hydrogen) atoms. The van der Waals surface area contributed by atoms with Crippen molar-refractivity contribution in [3.8, 4) is 5.69 Å². The van der Waals surface area contributed by atoms with Gasteiger partial charge in [-0.2, -0.15) is 0 Å². The minimum Gasteiger partial charge on any atom is -0.297 e. The van der Waals surface area contributed by atoms with Gasteiger partial charge in [0.05, 0.1) is 24.4 Å². The summed E-state index contributed by atoms with van der Waals surface area (Å²) in [5, 5.41) is 0. The smallest absolute Gasteiger partial charge is 0.125 e. The van der Waals surface area contributed by atoms with Crippen molar-refractivity contribution in [2.75, 3.05) is 0 Å². The summed E-state index contributed by atoms with van der Waals surface area (Å²) in [4.78, 5) is 3.81. The molecule has 2 aromatic rings. The lowest BCUT2D eigenvalue weighted by molar-refractivity contribution is 0.626. The lowest BCUT2D eigenvalue weighted by Crippen LogP contribution is -1.90. The van der Waals surface area contributed by atoms with Crippen molar-refractivity contribution in [1.29, 1.82) is 0 Å². The fraction of sp³-hybridized carbons (Fsp3) is 0. The molecule has 0 amide bonds. The highest BCUT2D eigenvalue weighted by Crippen LogP contribution is 2.07. The van der Waals surface area contributed by atoms with Crippen molar-refractivity contribution in [2.45, 2.75) is 0 Å². The zero-order valence-electron chi connectivity index (χ0n) is 6.24. The van der Waals surface area contributed by atoms with E-state index in [2.05, 4.69) is 11.2 Å². The monoisotopic (exact) mass is 161 g/mol. The molecule has 0 bridgehead atoms. The zero-order valence-corrected chi connectivity index (χ0v) is 6.24. The Morgan fingerprint density at radius 2 is 2.33 bits per heavy atom. The fourth-order valence-electron chi connectivity index (χ4n) is 0.996. The van der Waals surface area contributed by atoms with E-state index in [1.165, 1.54) is 18.3 Å². The molecule has 59 valence electrons. The molecule has 0 unspecified atom stereocenters. The van der Waals surface area contributed by atoms with Crippen LogP contribution in [0, 0.1) is 12.0 Å². The van der Waals surface area contributed by atoms with E-state index in [1.54, 1.807) is 23.0 Å². The quantitative estimate of drug-likeness (QED) is 0.623. The van der Waals surface area contributed by atoms with Crippen LogP contribution in [0.5, 0.6) is 0 Å². The van der Waals surface area contributed by atoms with Gasteiger partial charge in [-0.25, -0.2) is 9.37 Å². The van der Waals surface area contributed by atoms with E-state index < -0.39 is 0 Å². The Morgan fingerprint density at radius 1 is 1.42 bits per heavy atom. The maximum absolute atomic E-state index is 12.7. The van der Waals surface area contributed by atoms with E-state index in [0.717, 1.165) is 5.69 Å². The number of imidazole rings is 1. The second-order valence-electron chi connectivity index (χ2n) is 2.37. The normalized spacial score (nSPS) is 10.1. The average Bonchev–Trinajstić information content (AvgIpc) is 2.56. The molecule has 1 aromatic carbocycles. The summed E-state index contributed by atoms with van der Waals surface area (Å²) < 4.78 is 14.3. The third kappa shape index (κ3) is 1.21. The molecule has 0 saturated heterocycles. The van der Waals surface area contributed by atoms with Crippen LogP contribution in [-0.2, 0) is 0 Å². The topological polar surface area (TPSA) is 17.8 Å². The predicted molar refractivity (Wildman–Crippen MR) is 42.4 cm³/mol. The fourth-order valence-corrected chi connectivity index (χ4v) is 0.996. The minimum absolute atomic E-state index is 0.255. The molecule has 0 aliphatic carbocycles. The first-order valence-electron chi connectivity index (χ1n) is 3.52. The Morgan fingerprint density at radius 3 is 3.00 bits per heavy atom. The third-order valence-corrected chi connectivity index (χ3v) is 1.54. The number of hydrogen-bond acceptors (Lipinski definition) is 1. The lowest BCUT2D eigenvalue weighted by atomic mass is 10.3. The van der Waals surface area contributed by atoms with Gasteiger partial charge < -0.3 is 0 Å². The predicted octanol–water partition coefficient (Wildman–Crippen LogP) is 1.81. The Balaban J connectivity index is 2.48. The minimum atomic E-state index is -0.255. The van der Waals surface area contributed by atoms with Crippen LogP contribution in [0.25, 0.3) is 5.69 Å². The SMILES string of the molecule is Fc1cccc(-n2[c]cnc2)c1. The van der Waals surface area contributed by atoms with Gasteiger partial charge in [0.1, 0.15) is 5.82 Å². The Bertz CT molecular complexity index is 368. The molecule has 3 heteroatoms. The van der Waals surface area contributed by atoms with Crippen LogP contribution in [0.2, 0.25) is 0 Å². The van der Waals surface area contributed by atoms with Crippen molar-refractivity contribution in [3.05, 3.63) is 48.8 Å². The second-order valence-corrected chi connectivity index (χ2v) is 2.37. The van der Waals surface area contributed by atoms with E-state index in [-0.39, 0.29) is 5.82 Å². The highest BCUT2D eigenvalue weighted by Gasteiger charge is 1.95. The Kier molecular flexibility index (Phi) is 1.63. The van der Waals surface area contributed by atoms with Gasteiger partial charge in [0.15, 0.2) is 0 Å². The van der Waals surface area contributed by atoms with E-state index in [1.807, 2.05) is 0 Å². The maximum Gasteiger partial charge on any atom is 0.125 e. The Hall–Kier alpha value is -1.64. The van der Waals surface area contributed by atoms with Crippen molar-refractivity contribution in [1.82, 2.24) is 9.55 Å². The highest BCUT2D eigenvalue weighted by molar-refractivity contribution is 5.31. The summed E-state index contributed by atoms with van der Waals surface area (Å²) in [5.41, 5.74) is 0.729. The summed E-state index contributed by atoms with van der Waals surface area (Å²) in [6.07, 6.45) is 5.93. The maximum atomic E-state index is 12.7. The lowest BCUT2D eigenvalue weighted by Gasteiger charge is -1.99. The van der Waals surface area contributed by atoms with Crippen LogP contribution < -0.4 is 0 Å². The number of aromatic nitrogens is 2. The molecule has 0 aliphatic rings. The molecule has 0 spiro atoms. The van der Waals surface area contributed by atoms with Gasteiger partial charge in [-0.05, 0) is 18.2 Å². The van der Waals surface area contributed by atoms with Crippen LogP contribution in [0.1, 0.15) is 0 Å². The molecule has 0 saturated carbocycles. The van der Waals surface area contributed by atoms with Crippen LogP contribution in [0.15, 0.2) is 36.8 Å². The van der Waals surface area contributed by atoms with Gasteiger partial charge in [-0.3, -0.25) is 4.57 Å². The van der Waals surface area contributed by atoms with Crippen LogP contribution >= 0.6 is 0 Å². The zero-order chi connectivity index (χ0) is 8.39. The van der Waals surface area contributed by atoms with E-state index in [4.69, 9.17) is 0 Å². The molecule has 1 heterocycles. The van der Waals surface area contributed by atoms with E-state index in [9.17, 15) is 4.39 Å². The van der Waals surface area contributed by atoms with Gasteiger partial charge in [0, 0.05) is 0 Å². The number of hydrogen-bond donors (Lipinski definition) is 0. The van der Waals surface area contributed by atoms with Crippen LogP contribution in [0.4, 0.5) is 4.39 Å². The summed E-state index contributed by atoms with van der Waals surface area (Å²) in [7, 11) is 0. The van der Waals surface area contributed by atoms with E-state index in [0.29, 0.717) is 0 Å². The standard InChI is InChI=1S/C9H6FN2/c10-8-2-1-3-9(6-8)12-5-4-11-7-12/h1-4,6-7H.